The number of fused-ring (bicyclic) bond motifs is 1. The van der Waals surface area contributed by atoms with E-state index < -0.39 is 0 Å². The normalized spacial score (nSPS) is 16.2. The zero-order chi connectivity index (χ0) is 21.4. The molecule has 156 valence electrons. The fourth-order valence-corrected chi connectivity index (χ4v) is 4.67. The van der Waals surface area contributed by atoms with Gasteiger partial charge < -0.3 is 15.2 Å². The number of likely N-dealkylation sites (tertiary alicyclic amines) is 1. The van der Waals surface area contributed by atoms with Crippen LogP contribution in [0.4, 0.5) is 5.13 Å². The highest BCUT2D eigenvalue weighted by Crippen LogP contribution is 2.31. The predicted octanol–water partition coefficient (Wildman–Crippen LogP) is 4.59. The second kappa shape index (κ2) is 8.00. The number of carbonyl (C=O) groups excluding carboxylic acids is 2. The van der Waals surface area contributed by atoms with E-state index in [9.17, 15) is 9.59 Å². The lowest BCUT2D eigenvalue weighted by atomic mass is 10.1. The van der Waals surface area contributed by atoms with Gasteiger partial charge in [0.25, 0.3) is 0 Å². The molecule has 0 aliphatic carbocycles. The summed E-state index contributed by atoms with van der Waals surface area (Å²) >= 11 is 1.39. The molecule has 6 nitrogen and oxygen atoms in total. The molecule has 2 aromatic carbocycles. The van der Waals surface area contributed by atoms with E-state index in [1.807, 2.05) is 67.0 Å². The van der Waals surface area contributed by atoms with Gasteiger partial charge in [-0.2, -0.15) is 0 Å². The molecule has 7 heteroatoms. The van der Waals surface area contributed by atoms with Crippen molar-refractivity contribution in [3.63, 3.8) is 0 Å². The largest absolute Gasteiger partial charge is 0.360 e. The van der Waals surface area contributed by atoms with Crippen LogP contribution in [-0.2, 0) is 16.1 Å². The molecule has 5 rings (SSSR count). The van der Waals surface area contributed by atoms with Gasteiger partial charge in [-0.3, -0.25) is 9.59 Å². The summed E-state index contributed by atoms with van der Waals surface area (Å²) in [4.78, 5) is 34.8. The first-order valence-electron chi connectivity index (χ1n) is 10.2. The van der Waals surface area contributed by atoms with Gasteiger partial charge in [0.05, 0.1) is 11.6 Å². The van der Waals surface area contributed by atoms with E-state index in [0.717, 1.165) is 27.7 Å². The smallest absolute Gasteiger partial charge is 0.231 e. The summed E-state index contributed by atoms with van der Waals surface area (Å²) in [6, 6.07) is 16.2. The highest BCUT2D eigenvalue weighted by molar-refractivity contribution is 7.14. The maximum absolute atomic E-state index is 12.8. The highest BCUT2D eigenvalue weighted by atomic mass is 32.1. The fourth-order valence-electron chi connectivity index (χ4n) is 3.96. The third-order valence-electron chi connectivity index (χ3n) is 5.68. The van der Waals surface area contributed by atoms with Crippen molar-refractivity contribution in [1.29, 1.82) is 0 Å². The monoisotopic (exact) mass is 430 g/mol. The average Bonchev–Trinajstić information content (AvgIpc) is 3.48. The predicted molar refractivity (Wildman–Crippen MR) is 123 cm³/mol. The SMILES string of the molecule is Cc1ccc(CN2C[C@H](C(=O)Nc3nc(-c4c[nH]c5ccccc45)cs3)CC2=O)cc1. The summed E-state index contributed by atoms with van der Waals surface area (Å²) in [5.41, 5.74) is 5.13. The number of aromatic nitrogens is 2. The lowest BCUT2D eigenvalue weighted by Gasteiger charge is -2.16. The van der Waals surface area contributed by atoms with E-state index in [-0.39, 0.29) is 24.2 Å². The van der Waals surface area contributed by atoms with Crippen LogP contribution in [0.5, 0.6) is 0 Å². The summed E-state index contributed by atoms with van der Waals surface area (Å²) in [5, 5.41) is 6.49. The van der Waals surface area contributed by atoms with Crippen LogP contribution in [0, 0.1) is 12.8 Å². The van der Waals surface area contributed by atoms with Gasteiger partial charge in [-0.1, -0.05) is 48.0 Å². The van der Waals surface area contributed by atoms with Crippen molar-refractivity contribution in [1.82, 2.24) is 14.9 Å². The first kappa shape index (κ1) is 19.5. The number of H-pyrrole nitrogens is 1. The van der Waals surface area contributed by atoms with E-state index in [2.05, 4.69) is 15.3 Å². The Balaban J connectivity index is 1.24. The molecule has 1 saturated heterocycles. The summed E-state index contributed by atoms with van der Waals surface area (Å²) in [6.07, 6.45) is 2.17. The minimum Gasteiger partial charge on any atom is -0.360 e. The Labute approximate surface area is 183 Å². The van der Waals surface area contributed by atoms with Gasteiger partial charge in [-0.05, 0) is 18.6 Å². The van der Waals surface area contributed by atoms with Crippen LogP contribution in [-0.4, -0.2) is 33.2 Å². The lowest BCUT2D eigenvalue weighted by molar-refractivity contribution is -0.128. The van der Waals surface area contributed by atoms with E-state index in [4.69, 9.17) is 0 Å². The zero-order valence-electron chi connectivity index (χ0n) is 17.1. The zero-order valence-corrected chi connectivity index (χ0v) is 17.9. The molecule has 1 fully saturated rings. The van der Waals surface area contributed by atoms with Crippen molar-refractivity contribution in [2.75, 3.05) is 11.9 Å². The molecule has 2 aromatic heterocycles. The molecule has 4 aromatic rings. The number of nitrogens with one attached hydrogen (secondary N) is 2. The summed E-state index contributed by atoms with van der Waals surface area (Å²) in [6.45, 7) is 3.00. The number of hydrogen-bond donors (Lipinski definition) is 2. The van der Waals surface area contributed by atoms with E-state index in [1.54, 1.807) is 4.90 Å². The molecule has 1 aliphatic rings. The molecule has 0 unspecified atom stereocenters. The van der Waals surface area contributed by atoms with Crippen molar-refractivity contribution in [2.45, 2.75) is 19.9 Å². The van der Waals surface area contributed by atoms with Crippen molar-refractivity contribution in [2.24, 2.45) is 5.92 Å². The Bertz CT molecular complexity index is 1260. The van der Waals surface area contributed by atoms with Crippen LogP contribution < -0.4 is 5.32 Å². The maximum atomic E-state index is 12.8. The number of anilines is 1. The first-order valence-corrected chi connectivity index (χ1v) is 11.1. The van der Waals surface area contributed by atoms with E-state index in [1.165, 1.54) is 16.9 Å². The van der Waals surface area contributed by atoms with Crippen LogP contribution in [0.2, 0.25) is 0 Å². The number of benzene rings is 2. The Morgan fingerprint density at radius 1 is 1.23 bits per heavy atom. The summed E-state index contributed by atoms with van der Waals surface area (Å²) in [5.74, 6) is -0.502. The lowest BCUT2D eigenvalue weighted by Crippen LogP contribution is -2.28. The van der Waals surface area contributed by atoms with Gasteiger partial charge >= 0.3 is 0 Å². The fraction of sp³-hybridized carbons (Fsp3) is 0.208. The number of aryl methyl sites for hydroxylation is 1. The highest BCUT2D eigenvalue weighted by Gasteiger charge is 2.34. The molecule has 0 radical (unpaired) electrons. The number of thiazole rings is 1. The Morgan fingerprint density at radius 3 is 2.87 bits per heavy atom. The second-order valence-corrected chi connectivity index (χ2v) is 8.79. The maximum Gasteiger partial charge on any atom is 0.231 e. The molecule has 2 amide bonds. The van der Waals surface area contributed by atoms with Crippen molar-refractivity contribution in [3.05, 3.63) is 71.2 Å². The minimum absolute atomic E-state index is 0.0133. The molecule has 0 saturated carbocycles. The standard InChI is InChI=1S/C24H22N4O2S/c1-15-6-8-16(9-7-15)12-28-13-17(10-22(28)29)23(30)27-24-26-21(14-31-24)19-11-25-20-5-3-2-4-18(19)20/h2-9,11,14,17,25H,10,12-13H2,1H3,(H,26,27,30)/t17-/m1/s1. The molecule has 3 heterocycles. The number of rotatable bonds is 5. The molecule has 2 N–H and O–H groups in total. The molecule has 0 bridgehead atoms. The Morgan fingerprint density at radius 2 is 2.03 bits per heavy atom. The van der Waals surface area contributed by atoms with Crippen LogP contribution in [0.3, 0.4) is 0 Å². The summed E-state index contributed by atoms with van der Waals surface area (Å²) in [7, 11) is 0. The third-order valence-corrected chi connectivity index (χ3v) is 6.44. The summed E-state index contributed by atoms with van der Waals surface area (Å²) < 4.78 is 0. The molecular weight excluding hydrogens is 408 g/mol. The van der Waals surface area contributed by atoms with Crippen LogP contribution in [0.1, 0.15) is 17.5 Å². The number of para-hydroxylation sites is 1. The number of nitrogens with zero attached hydrogens (tertiary/aromatic N) is 2. The average molecular weight is 431 g/mol. The topological polar surface area (TPSA) is 78.1 Å². The Kier molecular flexibility index (Phi) is 5.03. The van der Waals surface area contributed by atoms with Crippen LogP contribution in [0.25, 0.3) is 22.2 Å². The van der Waals surface area contributed by atoms with Crippen molar-refractivity contribution in [3.8, 4) is 11.3 Å². The van der Waals surface area contributed by atoms with Crippen molar-refractivity contribution < 1.29 is 9.59 Å². The minimum atomic E-state index is -0.363. The quantitative estimate of drug-likeness (QED) is 0.486. The molecular formula is C24H22N4O2S. The second-order valence-electron chi connectivity index (χ2n) is 7.94. The van der Waals surface area contributed by atoms with Gasteiger partial charge in [0, 0.05) is 47.6 Å². The van der Waals surface area contributed by atoms with Gasteiger partial charge in [-0.15, -0.1) is 11.3 Å². The van der Waals surface area contributed by atoms with E-state index >= 15 is 0 Å². The Hall–Kier alpha value is -3.45. The van der Waals surface area contributed by atoms with Gasteiger partial charge in [0.2, 0.25) is 11.8 Å². The molecule has 1 aliphatic heterocycles. The molecule has 1 atom stereocenters. The molecule has 0 spiro atoms. The number of hydrogen-bond acceptors (Lipinski definition) is 4. The van der Waals surface area contributed by atoms with Crippen LogP contribution in [0.15, 0.2) is 60.1 Å². The van der Waals surface area contributed by atoms with Crippen molar-refractivity contribution >= 4 is 39.2 Å². The third kappa shape index (κ3) is 3.96. The van der Waals surface area contributed by atoms with Gasteiger partial charge in [-0.25, -0.2) is 4.98 Å². The van der Waals surface area contributed by atoms with Gasteiger partial charge in [0.15, 0.2) is 5.13 Å². The first-order chi connectivity index (χ1) is 15.1. The molecule has 31 heavy (non-hydrogen) atoms. The number of aromatic amines is 1. The number of amides is 2. The van der Waals surface area contributed by atoms with Crippen LogP contribution >= 0.6 is 11.3 Å². The van der Waals surface area contributed by atoms with E-state index in [0.29, 0.717) is 18.2 Å². The van der Waals surface area contributed by atoms with Gasteiger partial charge in [0.1, 0.15) is 0 Å². The number of carbonyl (C=O) groups is 2.